The van der Waals surface area contributed by atoms with Gasteiger partial charge in [-0.2, -0.15) is 0 Å². The zero-order valence-corrected chi connectivity index (χ0v) is 22.1. The highest BCUT2D eigenvalue weighted by molar-refractivity contribution is 7.21. The third-order valence-electron chi connectivity index (χ3n) is 6.29. The fourth-order valence-electron chi connectivity index (χ4n) is 4.38. The van der Waals surface area contributed by atoms with Crippen molar-refractivity contribution in [1.29, 1.82) is 0 Å². The molecule has 0 spiro atoms. The van der Waals surface area contributed by atoms with Crippen LogP contribution < -0.4 is 19.9 Å². The number of rotatable bonds is 8. The van der Waals surface area contributed by atoms with E-state index < -0.39 is 4.92 Å². The Morgan fingerprint density at radius 3 is 2.10 bits per heavy atom. The second-order valence-electron chi connectivity index (χ2n) is 8.49. The lowest BCUT2D eigenvalue weighted by Gasteiger charge is -2.15. The number of pyridine rings is 1. The van der Waals surface area contributed by atoms with Crippen LogP contribution in [0, 0.1) is 10.1 Å². The van der Waals surface area contributed by atoms with Gasteiger partial charge in [0.2, 0.25) is 11.5 Å². The first-order chi connectivity index (χ1) is 18.9. The molecule has 0 radical (unpaired) electrons. The number of hydrogen-bond acceptors (Lipinski definition) is 9. The number of hydrogen-bond donors (Lipinski definition) is 1. The van der Waals surface area contributed by atoms with Gasteiger partial charge in [0.05, 0.1) is 37.6 Å². The van der Waals surface area contributed by atoms with E-state index in [1.165, 1.54) is 42.7 Å². The van der Waals surface area contributed by atoms with E-state index in [-0.39, 0.29) is 22.7 Å². The predicted molar refractivity (Wildman–Crippen MR) is 151 cm³/mol. The number of nitrogens with two attached hydrogens (primary N) is 1. The molecular weight excluding hydrogens is 518 g/mol. The smallest absolute Gasteiger partial charge is 0.269 e. The number of nitrogens with zero attached hydrogens (tertiary/aromatic N) is 2. The van der Waals surface area contributed by atoms with Crippen LogP contribution in [0.1, 0.15) is 15.2 Å². The molecule has 0 atom stereocenters. The monoisotopic (exact) mass is 541 g/mol. The fourth-order valence-corrected chi connectivity index (χ4v) is 5.46. The van der Waals surface area contributed by atoms with Crippen molar-refractivity contribution in [3.05, 3.63) is 93.4 Å². The van der Waals surface area contributed by atoms with E-state index in [1.54, 1.807) is 14.2 Å². The van der Waals surface area contributed by atoms with Gasteiger partial charge in [-0.1, -0.05) is 30.3 Å². The maximum Gasteiger partial charge on any atom is 0.269 e. The Morgan fingerprint density at radius 2 is 1.54 bits per heavy atom. The zero-order valence-electron chi connectivity index (χ0n) is 21.3. The number of ketones is 1. The molecule has 2 aromatic heterocycles. The molecule has 0 saturated heterocycles. The summed E-state index contributed by atoms with van der Waals surface area (Å²) in [5.41, 5.74) is 10.1. The minimum absolute atomic E-state index is 0.102. The summed E-state index contributed by atoms with van der Waals surface area (Å²) in [6.07, 6.45) is 0. The van der Waals surface area contributed by atoms with Gasteiger partial charge in [-0.05, 0) is 41.5 Å². The summed E-state index contributed by atoms with van der Waals surface area (Å²) in [6.45, 7) is 0. The number of aromatic nitrogens is 1. The lowest BCUT2D eigenvalue weighted by molar-refractivity contribution is -0.384. The number of nitro benzene ring substituents is 1. The molecule has 0 aliphatic carbocycles. The standard InChI is InChI=1S/C29H23N3O6S/c1-36-22-13-18(14-23(37-2)27(22)38-3)20-15-21(16-7-5-4-6-8-16)31-29-24(20)25(30)28(39-29)26(33)17-9-11-19(12-10-17)32(34)35/h4-15H,30H2,1-3H3. The van der Waals surface area contributed by atoms with Gasteiger partial charge in [-0.3, -0.25) is 14.9 Å². The number of nitro groups is 1. The maximum absolute atomic E-state index is 13.5. The Labute approximate surface area is 227 Å². The summed E-state index contributed by atoms with van der Waals surface area (Å²) in [5, 5.41) is 11.7. The predicted octanol–water partition coefficient (Wildman–Crippen LogP) is 6.38. The number of thiophene rings is 1. The highest BCUT2D eigenvalue weighted by Crippen LogP contribution is 2.46. The molecule has 2 heterocycles. The van der Waals surface area contributed by atoms with Gasteiger partial charge in [0, 0.05) is 28.6 Å². The quantitative estimate of drug-likeness (QED) is 0.136. The SMILES string of the molecule is COc1cc(-c2cc(-c3ccccc3)nc3sc(C(=O)c4ccc([N+](=O)[O-])cc4)c(N)c23)cc(OC)c1OC. The van der Waals surface area contributed by atoms with Crippen molar-refractivity contribution in [2.45, 2.75) is 0 Å². The molecule has 39 heavy (non-hydrogen) atoms. The van der Waals surface area contributed by atoms with Gasteiger partial charge in [-0.15, -0.1) is 11.3 Å². The molecular formula is C29H23N3O6S. The van der Waals surface area contributed by atoms with Crippen LogP contribution in [-0.4, -0.2) is 37.0 Å². The van der Waals surface area contributed by atoms with Crippen LogP contribution in [0.15, 0.2) is 72.8 Å². The third kappa shape index (κ3) is 4.62. The Hall–Kier alpha value is -4.96. The summed E-state index contributed by atoms with van der Waals surface area (Å²) in [5.74, 6) is 1.04. The molecule has 0 unspecified atom stereocenters. The van der Waals surface area contributed by atoms with Crippen LogP contribution in [0.4, 0.5) is 11.4 Å². The molecule has 10 heteroatoms. The van der Waals surface area contributed by atoms with Crippen molar-refractivity contribution in [3.8, 4) is 39.6 Å². The summed E-state index contributed by atoms with van der Waals surface area (Å²) in [6, 6.07) is 20.7. The summed E-state index contributed by atoms with van der Waals surface area (Å²) in [4.78, 5) is 29.7. The Bertz CT molecular complexity index is 1690. The van der Waals surface area contributed by atoms with E-state index in [0.29, 0.717) is 38.0 Å². The first kappa shape index (κ1) is 25.7. The second-order valence-corrected chi connectivity index (χ2v) is 9.49. The average Bonchev–Trinajstić information content (AvgIpc) is 3.31. The van der Waals surface area contributed by atoms with Crippen molar-refractivity contribution in [2.75, 3.05) is 27.1 Å². The van der Waals surface area contributed by atoms with Crippen LogP contribution in [0.5, 0.6) is 17.2 Å². The molecule has 0 saturated carbocycles. The van der Waals surface area contributed by atoms with E-state index in [2.05, 4.69) is 0 Å². The average molecular weight is 542 g/mol. The van der Waals surface area contributed by atoms with Crippen LogP contribution in [0.25, 0.3) is 32.6 Å². The molecule has 5 rings (SSSR count). The fraction of sp³-hybridized carbons (Fsp3) is 0.103. The van der Waals surface area contributed by atoms with E-state index in [0.717, 1.165) is 16.7 Å². The van der Waals surface area contributed by atoms with Crippen molar-refractivity contribution >= 4 is 38.7 Å². The maximum atomic E-state index is 13.5. The summed E-state index contributed by atoms with van der Waals surface area (Å²) in [7, 11) is 4.61. The van der Waals surface area contributed by atoms with Crippen LogP contribution in [-0.2, 0) is 0 Å². The molecule has 2 N–H and O–H groups in total. The molecule has 196 valence electrons. The Balaban J connectivity index is 1.75. The van der Waals surface area contributed by atoms with E-state index >= 15 is 0 Å². The number of non-ortho nitro benzene ring substituents is 1. The van der Waals surface area contributed by atoms with Crippen molar-refractivity contribution < 1.29 is 23.9 Å². The van der Waals surface area contributed by atoms with Crippen LogP contribution >= 0.6 is 11.3 Å². The molecule has 0 aliphatic heterocycles. The van der Waals surface area contributed by atoms with Crippen molar-refractivity contribution in [1.82, 2.24) is 4.98 Å². The van der Waals surface area contributed by atoms with Gasteiger partial charge in [0.25, 0.3) is 5.69 Å². The van der Waals surface area contributed by atoms with Gasteiger partial charge >= 0.3 is 0 Å². The number of benzene rings is 3. The minimum atomic E-state index is -0.513. The Morgan fingerprint density at radius 1 is 0.897 bits per heavy atom. The third-order valence-corrected chi connectivity index (χ3v) is 7.39. The lowest BCUT2D eigenvalue weighted by atomic mass is 9.98. The van der Waals surface area contributed by atoms with Gasteiger partial charge in [0.15, 0.2) is 11.5 Å². The van der Waals surface area contributed by atoms with Crippen molar-refractivity contribution in [3.63, 3.8) is 0 Å². The van der Waals surface area contributed by atoms with E-state index in [9.17, 15) is 14.9 Å². The zero-order chi connectivity index (χ0) is 27.7. The summed E-state index contributed by atoms with van der Waals surface area (Å²) >= 11 is 1.18. The molecule has 5 aromatic rings. The van der Waals surface area contributed by atoms with Gasteiger partial charge < -0.3 is 19.9 Å². The number of methoxy groups -OCH3 is 3. The molecule has 0 aliphatic rings. The summed E-state index contributed by atoms with van der Waals surface area (Å²) < 4.78 is 16.6. The number of anilines is 1. The van der Waals surface area contributed by atoms with Gasteiger partial charge in [-0.25, -0.2) is 4.98 Å². The highest BCUT2D eigenvalue weighted by atomic mass is 32.1. The van der Waals surface area contributed by atoms with E-state index in [4.69, 9.17) is 24.9 Å². The number of carbonyl (C=O) groups excluding carboxylic acids is 1. The Kier molecular flexibility index (Phi) is 6.86. The van der Waals surface area contributed by atoms with E-state index in [1.807, 2.05) is 48.5 Å². The largest absolute Gasteiger partial charge is 0.493 e. The highest BCUT2D eigenvalue weighted by Gasteiger charge is 2.24. The van der Waals surface area contributed by atoms with Crippen LogP contribution in [0.2, 0.25) is 0 Å². The molecule has 0 fully saturated rings. The second kappa shape index (κ2) is 10.4. The topological polar surface area (TPSA) is 127 Å². The molecule has 9 nitrogen and oxygen atoms in total. The molecule has 0 bridgehead atoms. The van der Waals surface area contributed by atoms with Gasteiger partial charge in [0.1, 0.15) is 9.71 Å². The number of carbonyl (C=O) groups is 1. The van der Waals surface area contributed by atoms with Crippen LogP contribution in [0.3, 0.4) is 0 Å². The lowest BCUT2D eigenvalue weighted by Crippen LogP contribution is -2.02. The first-order valence-electron chi connectivity index (χ1n) is 11.7. The number of nitrogen functional groups attached to an aromatic ring is 1. The first-order valence-corrected chi connectivity index (χ1v) is 12.6. The van der Waals surface area contributed by atoms with Crippen molar-refractivity contribution in [2.24, 2.45) is 0 Å². The normalized spacial score (nSPS) is 10.8. The molecule has 3 aromatic carbocycles. The molecule has 0 amide bonds. The number of ether oxygens (including phenoxy) is 3. The minimum Gasteiger partial charge on any atom is -0.493 e. The number of fused-ring (bicyclic) bond motifs is 1.